The number of benzene rings is 1. The minimum atomic E-state index is -0.791. The zero-order chi connectivity index (χ0) is 12.8. The molecule has 0 bridgehead atoms. The number of amides is 2. The number of carbonyl (C=O) groups is 2. The van der Waals surface area contributed by atoms with Gasteiger partial charge in [0, 0.05) is 17.3 Å². The molecule has 6 heteroatoms. The van der Waals surface area contributed by atoms with Crippen molar-refractivity contribution in [1.29, 1.82) is 0 Å². The highest BCUT2D eigenvalue weighted by Crippen LogP contribution is 2.12. The maximum atomic E-state index is 11.4. The predicted octanol–water partition coefficient (Wildman–Crippen LogP) is 0.775. The molecule has 1 rings (SSSR count). The number of halogens is 1. The molecular formula is C11H13ClN2O3. The van der Waals surface area contributed by atoms with Crippen LogP contribution in [0.1, 0.15) is 6.92 Å². The Kier molecular flexibility index (Phi) is 4.93. The van der Waals surface area contributed by atoms with E-state index in [1.54, 1.807) is 24.3 Å². The normalized spacial score (nSPS) is 11.7. The minimum Gasteiger partial charge on any atom is -0.392 e. The molecule has 2 amide bonds. The van der Waals surface area contributed by atoms with E-state index in [2.05, 4.69) is 10.6 Å². The molecule has 0 unspecified atom stereocenters. The Balaban J connectivity index is 2.48. The molecule has 0 aliphatic heterocycles. The van der Waals surface area contributed by atoms with Crippen LogP contribution in [0.5, 0.6) is 0 Å². The topological polar surface area (TPSA) is 78.4 Å². The first-order valence-electron chi connectivity index (χ1n) is 5.02. The average molecular weight is 257 g/mol. The molecule has 0 heterocycles. The molecule has 1 aromatic rings. The van der Waals surface area contributed by atoms with Gasteiger partial charge in [0.25, 0.3) is 0 Å². The van der Waals surface area contributed by atoms with Crippen molar-refractivity contribution >= 4 is 29.1 Å². The Morgan fingerprint density at radius 3 is 2.41 bits per heavy atom. The fourth-order valence-electron chi connectivity index (χ4n) is 1.04. The van der Waals surface area contributed by atoms with Crippen LogP contribution in [0.4, 0.5) is 5.69 Å². The molecule has 0 aliphatic rings. The summed E-state index contributed by atoms with van der Waals surface area (Å²) in [6.45, 7) is 1.55. The summed E-state index contributed by atoms with van der Waals surface area (Å²) >= 11 is 5.68. The zero-order valence-corrected chi connectivity index (χ0v) is 9.99. The number of aliphatic hydroxyl groups excluding tert-OH is 1. The molecule has 17 heavy (non-hydrogen) atoms. The van der Waals surface area contributed by atoms with Gasteiger partial charge in [0.15, 0.2) is 0 Å². The first kappa shape index (κ1) is 13.5. The summed E-state index contributed by atoms with van der Waals surface area (Å²) in [4.78, 5) is 22.6. The summed E-state index contributed by atoms with van der Waals surface area (Å²) in [6.07, 6.45) is -0.692. The van der Waals surface area contributed by atoms with Crippen molar-refractivity contribution in [2.24, 2.45) is 0 Å². The summed E-state index contributed by atoms with van der Waals surface area (Å²) in [5.74, 6) is -1.58. The molecule has 0 spiro atoms. The first-order chi connectivity index (χ1) is 7.99. The smallest absolute Gasteiger partial charge is 0.313 e. The van der Waals surface area contributed by atoms with Crippen LogP contribution in [0.2, 0.25) is 5.02 Å². The van der Waals surface area contributed by atoms with Crippen molar-refractivity contribution in [3.05, 3.63) is 29.3 Å². The third-order valence-electron chi connectivity index (χ3n) is 1.87. The van der Waals surface area contributed by atoms with Gasteiger partial charge in [-0.25, -0.2) is 0 Å². The van der Waals surface area contributed by atoms with E-state index in [1.807, 2.05) is 0 Å². The second kappa shape index (κ2) is 6.22. The van der Waals surface area contributed by atoms with Gasteiger partial charge < -0.3 is 15.7 Å². The van der Waals surface area contributed by atoms with Crippen molar-refractivity contribution < 1.29 is 14.7 Å². The van der Waals surface area contributed by atoms with Gasteiger partial charge in [-0.3, -0.25) is 9.59 Å². The summed E-state index contributed by atoms with van der Waals surface area (Å²) in [5.41, 5.74) is 0.478. The predicted molar refractivity (Wildman–Crippen MR) is 64.8 cm³/mol. The van der Waals surface area contributed by atoms with Crippen molar-refractivity contribution in [3.8, 4) is 0 Å². The van der Waals surface area contributed by atoms with E-state index in [9.17, 15) is 9.59 Å². The van der Waals surface area contributed by atoms with Crippen LogP contribution in [0.15, 0.2) is 24.3 Å². The summed E-state index contributed by atoms with van der Waals surface area (Å²) in [6, 6.07) is 6.38. The molecule has 1 aromatic carbocycles. The Morgan fingerprint density at radius 1 is 1.29 bits per heavy atom. The number of hydrogen-bond donors (Lipinski definition) is 3. The molecule has 0 fully saturated rings. The van der Waals surface area contributed by atoms with Crippen molar-refractivity contribution in [3.63, 3.8) is 0 Å². The number of carbonyl (C=O) groups excluding carboxylic acids is 2. The van der Waals surface area contributed by atoms with Crippen molar-refractivity contribution in [2.75, 3.05) is 11.9 Å². The maximum Gasteiger partial charge on any atom is 0.313 e. The quantitative estimate of drug-likeness (QED) is 0.699. The third kappa shape index (κ3) is 4.84. The largest absolute Gasteiger partial charge is 0.392 e. The Bertz CT molecular complexity index is 404. The van der Waals surface area contributed by atoms with Crippen molar-refractivity contribution in [1.82, 2.24) is 5.32 Å². The number of anilines is 1. The van der Waals surface area contributed by atoms with E-state index < -0.39 is 17.9 Å². The van der Waals surface area contributed by atoms with Gasteiger partial charge in [-0.05, 0) is 31.2 Å². The van der Waals surface area contributed by atoms with Gasteiger partial charge in [-0.1, -0.05) is 11.6 Å². The van der Waals surface area contributed by atoms with Gasteiger partial charge in [0.05, 0.1) is 6.10 Å². The minimum absolute atomic E-state index is 0.0346. The average Bonchev–Trinajstić information content (AvgIpc) is 2.28. The lowest BCUT2D eigenvalue weighted by atomic mass is 10.3. The van der Waals surface area contributed by atoms with E-state index >= 15 is 0 Å². The third-order valence-corrected chi connectivity index (χ3v) is 2.12. The fourth-order valence-corrected chi connectivity index (χ4v) is 1.17. The molecule has 0 radical (unpaired) electrons. The highest BCUT2D eigenvalue weighted by atomic mass is 35.5. The number of hydrogen-bond acceptors (Lipinski definition) is 3. The van der Waals surface area contributed by atoms with E-state index in [4.69, 9.17) is 16.7 Å². The highest BCUT2D eigenvalue weighted by molar-refractivity contribution is 6.39. The lowest BCUT2D eigenvalue weighted by molar-refractivity contribution is -0.136. The molecule has 3 N–H and O–H groups in total. The second-order valence-electron chi connectivity index (χ2n) is 3.52. The number of aliphatic hydroxyl groups is 1. The lowest BCUT2D eigenvalue weighted by Crippen LogP contribution is -2.38. The molecule has 92 valence electrons. The zero-order valence-electron chi connectivity index (χ0n) is 9.24. The molecular weight excluding hydrogens is 244 g/mol. The molecule has 0 aromatic heterocycles. The van der Waals surface area contributed by atoms with Gasteiger partial charge in [-0.2, -0.15) is 0 Å². The van der Waals surface area contributed by atoms with Crippen LogP contribution < -0.4 is 10.6 Å². The first-order valence-corrected chi connectivity index (χ1v) is 5.39. The monoisotopic (exact) mass is 256 g/mol. The second-order valence-corrected chi connectivity index (χ2v) is 3.96. The van der Waals surface area contributed by atoms with Crippen LogP contribution in [-0.4, -0.2) is 29.6 Å². The van der Waals surface area contributed by atoms with Crippen LogP contribution in [0, 0.1) is 0 Å². The standard InChI is InChI=1S/C11H13ClN2O3/c1-7(15)6-13-10(16)11(17)14-9-4-2-8(12)3-5-9/h2-5,7,15H,6H2,1H3,(H,13,16)(H,14,17)/t7-/m1/s1. The van der Waals surface area contributed by atoms with E-state index in [-0.39, 0.29) is 6.54 Å². The molecule has 1 atom stereocenters. The fraction of sp³-hybridized carbons (Fsp3) is 0.273. The highest BCUT2D eigenvalue weighted by Gasteiger charge is 2.13. The molecule has 0 saturated heterocycles. The van der Waals surface area contributed by atoms with Crippen LogP contribution in [0.3, 0.4) is 0 Å². The lowest BCUT2D eigenvalue weighted by Gasteiger charge is -2.07. The van der Waals surface area contributed by atoms with E-state index in [1.165, 1.54) is 6.92 Å². The summed E-state index contributed by atoms with van der Waals surface area (Å²) in [5, 5.41) is 14.2. The van der Waals surface area contributed by atoms with E-state index in [0.29, 0.717) is 10.7 Å². The van der Waals surface area contributed by atoms with Gasteiger partial charge in [0.1, 0.15) is 0 Å². The molecule has 0 saturated carbocycles. The Labute approximate surface area is 104 Å². The number of rotatable bonds is 3. The van der Waals surface area contributed by atoms with Crippen LogP contribution in [0.25, 0.3) is 0 Å². The Morgan fingerprint density at radius 2 is 1.88 bits per heavy atom. The van der Waals surface area contributed by atoms with Crippen LogP contribution >= 0.6 is 11.6 Å². The summed E-state index contributed by atoms with van der Waals surface area (Å²) < 4.78 is 0. The van der Waals surface area contributed by atoms with Gasteiger partial charge in [0.2, 0.25) is 0 Å². The Hall–Kier alpha value is -1.59. The summed E-state index contributed by atoms with van der Waals surface area (Å²) in [7, 11) is 0. The maximum absolute atomic E-state index is 11.4. The van der Waals surface area contributed by atoms with Gasteiger partial charge in [-0.15, -0.1) is 0 Å². The molecule has 5 nitrogen and oxygen atoms in total. The number of nitrogens with one attached hydrogen (secondary N) is 2. The van der Waals surface area contributed by atoms with Crippen molar-refractivity contribution in [2.45, 2.75) is 13.0 Å². The molecule has 0 aliphatic carbocycles. The van der Waals surface area contributed by atoms with Gasteiger partial charge >= 0.3 is 11.8 Å². The van der Waals surface area contributed by atoms with E-state index in [0.717, 1.165) is 0 Å². The van der Waals surface area contributed by atoms with Crippen LogP contribution in [-0.2, 0) is 9.59 Å². The SMILES string of the molecule is C[C@@H](O)CNC(=O)C(=O)Nc1ccc(Cl)cc1.